The summed E-state index contributed by atoms with van der Waals surface area (Å²) in [7, 11) is -4.38. The third-order valence-electron chi connectivity index (χ3n) is 9.04. The average molecular weight is 734 g/mol. The topological polar surface area (TPSA) is 179 Å². The molecular formula is C38H45N4O9S+. The summed E-state index contributed by atoms with van der Waals surface area (Å²) in [6.45, 7) is 5.10. The van der Waals surface area contributed by atoms with Gasteiger partial charge in [0.25, 0.3) is 15.6 Å². The lowest BCUT2D eigenvalue weighted by atomic mass is 9.70. The smallest absolute Gasteiger partial charge is 0.374 e. The second-order valence-corrected chi connectivity index (χ2v) is 14.3. The van der Waals surface area contributed by atoms with Crippen LogP contribution in [-0.4, -0.2) is 61.2 Å². The van der Waals surface area contributed by atoms with E-state index in [-0.39, 0.29) is 25.8 Å². The van der Waals surface area contributed by atoms with Gasteiger partial charge in [-0.25, -0.2) is 0 Å². The van der Waals surface area contributed by atoms with Crippen molar-refractivity contribution >= 4 is 50.8 Å². The number of nitrogens with zero attached hydrogens (tertiary/aromatic N) is 2. The van der Waals surface area contributed by atoms with Gasteiger partial charge in [0, 0.05) is 32.1 Å². The fraction of sp³-hybridized carbons (Fsp3) is 0.368. The molecule has 276 valence electrons. The second-order valence-electron chi connectivity index (χ2n) is 12.7. The molecule has 1 aromatic heterocycles. The number of oxazole rings is 1. The number of carbonyl (C=O) groups is 3. The first-order chi connectivity index (χ1) is 24.9. The summed E-state index contributed by atoms with van der Waals surface area (Å²) in [4.78, 5) is 41.2. The highest BCUT2D eigenvalue weighted by atomic mass is 32.2. The predicted molar refractivity (Wildman–Crippen MR) is 196 cm³/mol. The molecule has 1 unspecified atom stereocenters. The van der Waals surface area contributed by atoms with Crippen molar-refractivity contribution in [1.29, 1.82) is 0 Å². The van der Waals surface area contributed by atoms with Crippen LogP contribution in [0.4, 0.5) is 5.69 Å². The van der Waals surface area contributed by atoms with Crippen LogP contribution in [0.3, 0.4) is 0 Å². The van der Waals surface area contributed by atoms with Crippen LogP contribution < -0.4 is 24.8 Å². The molecule has 0 radical (unpaired) electrons. The minimum absolute atomic E-state index is 0.0185. The SMILES string of the molecule is CCN1/C(=C/C=C2C=C(/C=C/c3oc4ccccc4[n+]3CC)CC(C(=O)NCCCCCC(=O)O)(C(=O)NCCS(=O)(=O)O)C/2)Oc2ccccc21. The summed E-state index contributed by atoms with van der Waals surface area (Å²) in [6.07, 6.45) is 10.6. The van der Waals surface area contributed by atoms with Gasteiger partial charge in [-0.15, -0.1) is 0 Å². The molecule has 1 aliphatic heterocycles. The van der Waals surface area contributed by atoms with E-state index in [1.807, 2.05) is 90.1 Å². The lowest BCUT2D eigenvalue weighted by Gasteiger charge is -2.35. The number of hydrogen-bond donors (Lipinski definition) is 4. The monoisotopic (exact) mass is 733 g/mol. The number of hydrogen-bond acceptors (Lipinski definition) is 8. The number of allylic oxidation sites excluding steroid dienone is 6. The number of para-hydroxylation sites is 4. The Morgan fingerprint density at radius 2 is 1.67 bits per heavy atom. The Bertz CT molecular complexity index is 2050. The van der Waals surface area contributed by atoms with Gasteiger partial charge in [-0.3, -0.25) is 18.9 Å². The van der Waals surface area contributed by atoms with Crippen molar-refractivity contribution in [2.24, 2.45) is 5.41 Å². The molecule has 2 aliphatic rings. The Hall–Kier alpha value is -5.21. The second kappa shape index (κ2) is 16.9. The Balaban J connectivity index is 1.52. The fourth-order valence-electron chi connectivity index (χ4n) is 6.51. The number of ether oxygens (including phenoxy) is 1. The first-order valence-electron chi connectivity index (χ1n) is 17.4. The molecule has 52 heavy (non-hydrogen) atoms. The van der Waals surface area contributed by atoms with Crippen molar-refractivity contribution in [1.82, 2.24) is 10.6 Å². The number of amides is 2. The highest BCUT2D eigenvalue weighted by Gasteiger charge is 2.48. The third kappa shape index (κ3) is 9.17. The van der Waals surface area contributed by atoms with Crippen LogP contribution in [0.1, 0.15) is 58.3 Å². The quantitative estimate of drug-likeness (QED) is 0.0684. The molecule has 14 heteroatoms. The molecule has 2 aromatic carbocycles. The van der Waals surface area contributed by atoms with Crippen LogP contribution in [0, 0.1) is 5.41 Å². The van der Waals surface area contributed by atoms with Gasteiger partial charge < -0.3 is 29.8 Å². The van der Waals surface area contributed by atoms with Crippen LogP contribution in [0.15, 0.2) is 94.3 Å². The predicted octanol–water partition coefficient (Wildman–Crippen LogP) is 4.91. The number of anilines is 1. The van der Waals surface area contributed by atoms with Crippen molar-refractivity contribution in [2.45, 2.75) is 58.9 Å². The lowest BCUT2D eigenvalue weighted by Crippen LogP contribution is -2.53. The number of fused-ring (bicyclic) bond motifs is 2. The van der Waals surface area contributed by atoms with E-state index in [1.165, 1.54) is 0 Å². The molecule has 0 fully saturated rings. The molecule has 0 saturated heterocycles. The van der Waals surface area contributed by atoms with Gasteiger partial charge in [0.1, 0.15) is 12.0 Å². The van der Waals surface area contributed by atoms with Gasteiger partial charge in [-0.2, -0.15) is 13.0 Å². The summed E-state index contributed by atoms with van der Waals surface area (Å²) in [5, 5.41) is 14.4. The van der Waals surface area contributed by atoms with Crippen molar-refractivity contribution in [3.05, 3.63) is 95.8 Å². The minimum Gasteiger partial charge on any atom is -0.481 e. The number of carboxylic acid groups (broad SMARTS) is 1. The summed E-state index contributed by atoms with van der Waals surface area (Å²) < 4.78 is 46.6. The maximum Gasteiger partial charge on any atom is 0.374 e. The fourth-order valence-corrected chi connectivity index (χ4v) is 6.87. The van der Waals surface area contributed by atoms with Gasteiger partial charge in [-0.1, -0.05) is 42.8 Å². The number of aromatic nitrogens is 1. The molecule has 0 bridgehead atoms. The van der Waals surface area contributed by atoms with Crippen LogP contribution in [0.25, 0.3) is 17.2 Å². The van der Waals surface area contributed by atoms with E-state index >= 15 is 0 Å². The van der Waals surface area contributed by atoms with E-state index < -0.39 is 45.6 Å². The lowest BCUT2D eigenvalue weighted by molar-refractivity contribution is -0.674. The first-order valence-corrected chi connectivity index (χ1v) is 19.0. The van der Waals surface area contributed by atoms with E-state index in [4.69, 9.17) is 14.3 Å². The maximum atomic E-state index is 14.2. The summed E-state index contributed by atoms with van der Waals surface area (Å²) in [5.41, 5.74) is 2.14. The minimum atomic E-state index is -4.38. The Labute approximate surface area is 303 Å². The molecule has 4 N–H and O–H groups in total. The average Bonchev–Trinajstić information content (AvgIpc) is 3.67. The highest BCUT2D eigenvalue weighted by molar-refractivity contribution is 7.85. The largest absolute Gasteiger partial charge is 0.481 e. The van der Waals surface area contributed by atoms with E-state index in [1.54, 1.807) is 12.2 Å². The number of nitrogens with one attached hydrogen (secondary N) is 2. The van der Waals surface area contributed by atoms with Crippen LogP contribution in [-0.2, 0) is 31.0 Å². The van der Waals surface area contributed by atoms with Gasteiger partial charge >= 0.3 is 11.9 Å². The van der Waals surface area contributed by atoms with E-state index in [0.717, 1.165) is 11.2 Å². The molecule has 5 rings (SSSR count). The Morgan fingerprint density at radius 1 is 0.942 bits per heavy atom. The van der Waals surface area contributed by atoms with Gasteiger partial charge in [0.2, 0.25) is 23.3 Å². The van der Waals surface area contributed by atoms with E-state index in [0.29, 0.717) is 66.6 Å². The summed E-state index contributed by atoms with van der Waals surface area (Å²) >= 11 is 0. The van der Waals surface area contributed by atoms with Crippen molar-refractivity contribution in [2.75, 3.05) is 30.3 Å². The van der Waals surface area contributed by atoms with Crippen LogP contribution >= 0.6 is 0 Å². The van der Waals surface area contributed by atoms with E-state index in [9.17, 15) is 27.4 Å². The van der Waals surface area contributed by atoms with Gasteiger partial charge in [-0.05, 0) is 81.0 Å². The van der Waals surface area contributed by atoms with E-state index in [2.05, 4.69) is 10.6 Å². The number of unbranched alkanes of at least 4 members (excludes halogenated alkanes) is 2. The van der Waals surface area contributed by atoms with Crippen molar-refractivity contribution in [3.63, 3.8) is 0 Å². The molecule has 2 heterocycles. The molecule has 2 amide bonds. The zero-order chi connectivity index (χ0) is 37.3. The van der Waals surface area contributed by atoms with Crippen molar-refractivity contribution in [3.8, 4) is 5.75 Å². The highest BCUT2D eigenvalue weighted by Crippen LogP contribution is 2.42. The molecule has 0 spiro atoms. The number of aryl methyl sites for hydroxylation is 1. The number of carbonyl (C=O) groups excluding carboxylic acids is 2. The van der Waals surface area contributed by atoms with Gasteiger partial charge in [0.05, 0.1) is 17.5 Å². The number of benzene rings is 2. The maximum absolute atomic E-state index is 14.2. The first kappa shape index (κ1) is 38.0. The Kier molecular flexibility index (Phi) is 12.3. The number of aliphatic carboxylic acids is 1. The molecule has 0 saturated carbocycles. The zero-order valence-electron chi connectivity index (χ0n) is 29.3. The van der Waals surface area contributed by atoms with Crippen LogP contribution in [0.5, 0.6) is 5.75 Å². The zero-order valence-corrected chi connectivity index (χ0v) is 30.2. The number of rotatable bonds is 16. The normalized spacial score (nSPS) is 18.8. The molecule has 13 nitrogen and oxygen atoms in total. The molecule has 1 aliphatic carbocycles. The summed E-state index contributed by atoms with van der Waals surface area (Å²) in [5.74, 6) is -0.994. The molecule has 3 aromatic rings. The summed E-state index contributed by atoms with van der Waals surface area (Å²) in [6, 6.07) is 15.3. The molecular weight excluding hydrogens is 689 g/mol. The van der Waals surface area contributed by atoms with Gasteiger partial charge in [0.15, 0.2) is 5.75 Å². The van der Waals surface area contributed by atoms with Crippen molar-refractivity contribution < 1.29 is 46.2 Å². The molecule has 1 atom stereocenters. The number of carboxylic acids is 1. The van der Waals surface area contributed by atoms with Crippen LogP contribution in [0.2, 0.25) is 0 Å². The standard InChI is InChI=1S/C38H44N4O9S/c1-3-41-29-12-7-9-14-31(29)50-33(41)19-17-27-24-28(18-20-34-42(4-2)30-13-8-10-15-32(30)51-34)26-38(25-27,37(46)40-22-23-52(47,48)49)36(45)39-21-11-5-6-16-35(43)44/h7-10,12-15,17-20,24H,3-6,11,16,21-23,25-26H2,1-2H3,(H3-,39,40,43,44,45,46,47,48,49)/p+1. The third-order valence-corrected chi connectivity index (χ3v) is 9.76. The Morgan fingerprint density at radius 3 is 2.40 bits per heavy atom.